The van der Waals surface area contributed by atoms with E-state index in [0.29, 0.717) is 19.4 Å². The van der Waals surface area contributed by atoms with Crippen LogP contribution in [0.25, 0.3) is 0 Å². The lowest BCUT2D eigenvalue weighted by atomic mass is 10.3. The van der Waals surface area contributed by atoms with Gasteiger partial charge in [0.2, 0.25) is 5.91 Å². The number of hydrogen-bond acceptors (Lipinski definition) is 4. The molecular formula is C13H20N2O3S. The number of hydroxylamine groups is 1. The Bertz CT molecular complexity index is 474. The first-order valence-electron chi connectivity index (χ1n) is 6.76. The predicted octanol–water partition coefficient (Wildman–Crippen LogP) is 1.99. The maximum absolute atomic E-state index is 11.6. The molecule has 1 heterocycles. The van der Waals surface area contributed by atoms with Crippen molar-refractivity contribution >= 4 is 17.2 Å². The van der Waals surface area contributed by atoms with Crippen LogP contribution in [0.4, 0.5) is 0 Å². The summed E-state index contributed by atoms with van der Waals surface area (Å²) < 4.78 is 1.70. The van der Waals surface area contributed by atoms with Gasteiger partial charge in [-0.05, 0) is 26.2 Å². The van der Waals surface area contributed by atoms with Crippen molar-refractivity contribution in [2.75, 3.05) is 0 Å². The first-order valence-corrected chi connectivity index (χ1v) is 7.64. The molecule has 0 atom stereocenters. The highest BCUT2D eigenvalue weighted by molar-refractivity contribution is 7.07. The van der Waals surface area contributed by atoms with Crippen molar-refractivity contribution in [2.24, 2.45) is 0 Å². The van der Waals surface area contributed by atoms with Crippen molar-refractivity contribution in [1.29, 1.82) is 0 Å². The fourth-order valence-corrected chi connectivity index (χ4v) is 3.04. The number of carbonyl (C=O) groups is 1. The molecule has 106 valence electrons. The summed E-state index contributed by atoms with van der Waals surface area (Å²) >= 11 is 1.20. The third-order valence-electron chi connectivity index (χ3n) is 3.40. The van der Waals surface area contributed by atoms with Gasteiger partial charge in [0, 0.05) is 24.0 Å². The maximum atomic E-state index is 11.6. The van der Waals surface area contributed by atoms with Crippen molar-refractivity contribution in [1.82, 2.24) is 10.0 Å². The van der Waals surface area contributed by atoms with Gasteiger partial charge >= 0.3 is 4.87 Å². The summed E-state index contributed by atoms with van der Waals surface area (Å²) in [5, 5.41) is 1.84. The molecule has 1 aliphatic rings. The Hall–Kier alpha value is -1.14. The molecule has 19 heavy (non-hydrogen) atoms. The second-order valence-electron chi connectivity index (χ2n) is 4.95. The summed E-state index contributed by atoms with van der Waals surface area (Å²) in [7, 11) is 0. The first-order chi connectivity index (χ1) is 9.16. The highest BCUT2D eigenvalue weighted by Gasteiger charge is 2.16. The van der Waals surface area contributed by atoms with Crippen LogP contribution in [-0.2, 0) is 16.2 Å². The molecule has 1 amide bonds. The third-order valence-corrected chi connectivity index (χ3v) is 4.28. The van der Waals surface area contributed by atoms with Crippen LogP contribution >= 0.6 is 11.3 Å². The van der Waals surface area contributed by atoms with Gasteiger partial charge in [0.15, 0.2) is 0 Å². The fraction of sp³-hybridized carbons (Fsp3) is 0.692. The monoisotopic (exact) mass is 284 g/mol. The summed E-state index contributed by atoms with van der Waals surface area (Å²) in [5.74, 6) is -0.104. The molecule has 1 aliphatic carbocycles. The van der Waals surface area contributed by atoms with E-state index in [1.807, 2.05) is 12.3 Å². The SMILES string of the molecule is Cc1csc(=O)n1CCCC(=O)NOC1CCCC1. The Kier molecular flexibility index (Phi) is 5.15. The van der Waals surface area contributed by atoms with E-state index in [0.717, 1.165) is 18.5 Å². The van der Waals surface area contributed by atoms with Crippen molar-refractivity contribution < 1.29 is 9.63 Å². The molecule has 1 fully saturated rings. The minimum absolute atomic E-state index is 0.0418. The standard InChI is InChI=1S/C13H20N2O3S/c1-10-9-19-13(17)15(10)8-4-7-12(16)14-18-11-5-2-3-6-11/h9,11H,2-8H2,1H3,(H,14,16). The predicted molar refractivity (Wildman–Crippen MR) is 74.0 cm³/mol. The van der Waals surface area contributed by atoms with Crippen LogP contribution in [0.15, 0.2) is 10.2 Å². The van der Waals surface area contributed by atoms with Gasteiger partial charge in [0.05, 0.1) is 6.10 Å². The number of carbonyl (C=O) groups excluding carboxylic acids is 1. The van der Waals surface area contributed by atoms with Crippen LogP contribution in [0.1, 0.15) is 44.2 Å². The molecule has 1 saturated carbocycles. The van der Waals surface area contributed by atoms with E-state index in [9.17, 15) is 9.59 Å². The molecule has 1 N–H and O–H groups in total. The molecule has 0 saturated heterocycles. The van der Waals surface area contributed by atoms with E-state index >= 15 is 0 Å². The van der Waals surface area contributed by atoms with Gasteiger partial charge in [-0.1, -0.05) is 24.2 Å². The largest absolute Gasteiger partial charge is 0.307 e. The zero-order valence-corrected chi connectivity index (χ0v) is 12.0. The molecule has 5 nitrogen and oxygen atoms in total. The maximum Gasteiger partial charge on any atom is 0.307 e. The number of nitrogens with one attached hydrogen (secondary N) is 1. The van der Waals surface area contributed by atoms with Gasteiger partial charge in [0.1, 0.15) is 0 Å². The zero-order valence-electron chi connectivity index (χ0n) is 11.2. The Labute approximate surface area is 116 Å². The van der Waals surface area contributed by atoms with Crippen molar-refractivity contribution in [2.45, 2.75) is 58.1 Å². The second kappa shape index (κ2) is 6.86. The smallest absolute Gasteiger partial charge is 0.303 e. The van der Waals surface area contributed by atoms with Gasteiger partial charge < -0.3 is 4.57 Å². The van der Waals surface area contributed by atoms with Gasteiger partial charge in [-0.3, -0.25) is 14.4 Å². The Morgan fingerprint density at radius 1 is 1.53 bits per heavy atom. The average molecular weight is 284 g/mol. The zero-order chi connectivity index (χ0) is 13.7. The molecule has 0 bridgehead atoms. The molecule has 1 aromatic heterocycles. The van der Waals surface area contributed by atoms with E-state index in [1.165, 1.54) is 24.2 Å². The molecule has 0 aromatic carbocycles. The molecule has 2 rings (SSSR count). The lowest BCUT2D eigenvalue weighted by Crippen LogP contribution is -2.28. The molecule has 0 spiro atoms. The van der Waals surface area contributed by atoms with Crippen LogP contribution in [0, 0.1) is 6.92 Å². The molecule has 0 aliphatic heterocycles. The molecule has 0 radical (unpaired) electrons. The number of hydrogen-bond donors (Lipinski definition) is 1. The Morgan fingerprint density at radius 2 is 2.26 bits per heavy atom. The highest BCUT2D eigenvalue weighted by atomic mass is 32.1. The number of thiazole rings is 1. The van der Waals surface area contributed by atoms with E-state index in [1.54, 1.807) is 4.57 Å². The normalized spacial score (nSPS) is 15.8. The van der Waals surface area contributed by atoms with Crippen LogP contribution < -0.4 is 10.4 Å². The van der Waals surface area contributed by atoms with Crippen LogP contribution in [0.3, 0.4) is 0 Å². The van der Waals surface area contributed by atoms with Crippen molar-refractivity contribution in [3.05, 3.63) is 20.7 Å². The lowest BCUT2D eigenvalue weighted by Gasteiger charge is -2.11. The molecular weight excluding hydrogens is 264 g/mol. The van der Waals surface area contributed by atoms with Gasteiger partial charge in [-0.15, -0.1) is 0 Å². The molecule has 6 heteroatoms. The number of aryl methyl sites for hydroxylation is 1. The van der Waals surface area contributed by atoms with E-state index in [4.69, 9.17) is 4.84 Å². The van der Waals surface area contributed by atoms with Crippen LogP contribution in [0.5, 0.6) is 0 Å². The minimum Gasteiger partial charge on any atom is -0.303 e. The number of nitrogens with zero attached hydrogens (tertiary/aromatic N) is 1. The van der Waals surface area contributed by atoms with Gasteiger partial charge in [0.25, 0.3) is 0 Å². The lowest BCUT2D eigenvalue weighted by molar-refractivity contribution is -0.138. The molecule has 0 unspecified atom stereocenters. The average Bonchev–Trinajstić information content (AvgIpc) is 3.00. The number of aromatic nitrogens is 1. The molecule has 1 aromatic rings. The Balaban J connectivity index is 1.65. The van der Waals surface area contributed by atoms with Gasteiger partial charge in [-0.25, -0.2) is 5.48 Å². The summed E-state index contributed by atoms with van der Waals surface area (Å²) in [5.41, 5.74) is 3.47. The van der Waals surface area contributed by atoms with Crippen LogP contribution in [-0.4, -0.2) is 16.6 Å². The Morgan fingerprint density at radius 3 is 2.89 bits per heavy atom. The summed E-state index contributed by atoms with van der Waals surface area (Å²) in [6.45, 7) is 2.49. The minimum atomic E-state index is -0.104. The summed E-state index contributed by atoms with van der Waals surface area (Å²) in [6, 6.07) is 0. The fourth-order valence-electron chi connectivity index (χ4n) is 2.28. The van der Waals surface area contributed by atoms with Crippen LogP contribution in [0.2, 0.25) is 0 Å². The van der Waals surface area contributed by atoms with E-state index < -0.39 is 0 Å². The third kappa shape index (κ3) is 4.18. The summed E-state index contributed by atoms with van der Waals surface area (Å²) in [4.78, 5) is 28.4. The van der Waals surface area contributed by atoms with Crippen molar-refractivity contribution in [3.63, 3.8) is 0 Å². The van der Waals surface area contributed by atoms with Gasteiger partial charge in [-0.2, -0.15) is 0 Å². The summed E-state index contributed by atoms with van der Waals surface area (Å²) in [6.07, 6.45) is 5.65. The topological polar surface area (TPSA) is 60.3 Å². The van der Waals surface area contributed by atoms with E-state index in [2.05, 4.69) is 5.48 Å². The highest BCUT2D eigenvalue weighted by Crippen LogP contribution is 2.19. The number of rotatable bonds is 6. The number of amides is 1. The second-order valence-corrected chi connectivity index (χ2v) is 5.77. The quantitative estimate of drug-likeness (QED) is 0.813. The van der Waals surface area contributed by atoms with Crippen molar-refractivity contribution in [3.8, 4) is 0 Å². The first kappa shape index (κ1) is 14.3. The van der Waals surface area contributed by atoms with E-state index in [-0.39, 0.29) is 16.9 Å².